The molecule has 108 valence electrons. The van der Waals surface area contributed by atoms with Crippen LogP contribution in [0, 0.1) is 0 Å². The van der Waals surface area contributed by atoms with Crippen LogP contribution in [0.3, 0.4) is 0 Å². The van der Waals surface area contributed by atoms with E-state index in [1.165, 1.54) is 25.8 Å². The summed E-state index contributed by atoms with van der Waals surface area (Å²) in [6, 6.07) is 0.642. The second kappa shape index (κ2) is 6.20. The monoisotopic (exact) mass is 267 g/mol. The van der Waals surface area contributed by atoms with E-state index in [0.29, 0.717) is 12.6 Å². The zero-order valence-corrected chi connectivity index (χ0v) is 11.6. The van der Waals surface area contributed by atoms with Gasteiger partial charge in [0.25, 0.3) is 0 Å². The van der Waals surface area contributed by atoms with E-state index in [4.69, 9.17) is 4.74 Å². The molecular weight excluding hydrogens is 242 g/mol. The SMILES string of the molecule is O=C(NC[C@@H]1CN2CCCC[C@H]2CO1)[C@H]1CCCN1. The molecule has 0 saturated carbocycles. The molecule has 3 heterocycles. The van der Waals surface area contributed by atoms with E-state index in [0.717, 1.165) is 32.5 Å². The number of nitrogens with zero attached hydrogens (tertiary/aromatic N) is 1. The number of carbonyl (C=O) groups excluding carboxylic acids is 1. The lowest BCUT2D eigenvalue weighted by Gasteiger charge is -2.42. The van der Waals surface area contributed by atoms with E-state index in [1.54, 1.807) is 0 Å². The van der Waals surface area contributed by atoms with Crippen LogP contribution in [-0.4, -0.2) is 61.8 Å². The Morgan fingerprint density at radius 2 is 2.26 bits per heavy atom. The molecular formula is C14H25N3O2. The fourth-order valence-corrected chi connectivity index (χ4v) is 3.42. The molecule has 0 radical (unpaired) electrons. The van der Waals surface area contributed by atoms with Crippen LogP contribution < -0.4 is 10.6 Å². The Balaban J connectivity index is 1.41. The summed E-state index contributed by atoms with van der Waals surface area (Å²) in [6.45, 7) is 4.63. The molecule has 3 saturated heterocycles. The third-order valence-electron chi connectivity index (χ3n) is 4.59. The van der Waals surface area contributed by atoms with Crippen LogP contribution in [0.4, 0.5) is 0 Å². The highest BCUT2D eigenvalue weighted by Crippen LogP contribution is 2.21. The van der Waals surface area contributed by atoms with E-state index < -0.39 is 0 Å². The van der Waals surface area contributed by atoms with E-state index in [-0.39, 0.29) is 18.1 Å². The fourth-order valence-electron chi connectivity index (χ4n) is 3.42. The van der Waals surface area contributed by atoms with Crippen LogP contribution in [0.25, 0.3) is 0 Å². The number of nitrogens with one attached hydrogen (secondary N) is 2. The zero-order chi connectivity index (χ0) is 13.1. The molecule has 3 fully saturated rings. The number of morpholine rings is 1. The van der Waals surface area contributed by atoms with Gasteiger partial charge in [0.15, 0.2) is 0 Å². The first-order valence-electron chi connectivity index (χ1n) is 7.69. The number of fused-ring (bicyclic) bond motifs is 1. The van der Waals surface area contributed by atoms with Crippen LogP contribution in [0.15, 0.2) is 0 Å². The van der Waals surface area contributed by atoms with E-state index in [9.17, 15) is 4.79 Å². The van der Waals surface area contributed by atoms with Gasteiger partial charge in [-0.15, -0.1) is 0 Å². The molecule has 2 N–H and O–H groups in total. The predicted molar refractivity (Wildman–Crippen MR) is 73.0 cm³/mol. The van der Waals surface area contributed by atoms with Gasteiger partial charge in [-0.1, -0.05) is 6.42 Å². The molecule has 3 aliphatic heterocycles. The minimum Gasteiger partial charge on any atom is -0.373 e. The van der Waals surface area contributed by atoms with Crippen molar-refractivity contribution in [3.05, 3.63) is 0 Å². The first-order valence-corrected chi connectivity index (χ1v) is 7.69. The highest BCUT2D eigenvalue weighted by Gasteiger charge is 2.31. The highest BCUT2D eigenvalue weighted by molar-refractivity contribution is 5.82. The number of hydrogen-bond acceptors (Lipinski definition) is 4. The van der Waals surface area contributed by atoms with Crippen molar-refractivity contribution in [2.75, 3.05) is 32.8 Å². The van der Waals surface area contributed by atoms with Crippen molar-refractivity contribution in [1.82, 2.24) is 15.5 Å². The molecule has 0 spiro atoms. The molecule has 0 aliphatic carbocycles. The predicted octanol–water partition coefficient (Wildman–Crippen LogP) is 0.108. The summed E-state index contributed by atoms with van der Waals surface area (Å²) in [7, 11) is 0. The number of carbonyl (C=O) groups is 1. The Bertz CT molecular complexity index is 318. The minimum atomic E-state index is 0.0197. The molecule has 3 aliphatic rings. The van der Waals surface area contributed by atoms with Crippen molar-refractivity contribution >= 4 is 5.91 Å². The van der Waals surface area contributed by atoms with Crippen molar-refractivity contribution < 1.29 is 9.53 Å². The maximum Gasteiger partial charge on any atom is 0.237 e. The van der Waals surface area contributed by atoms with Gasteiger partial charge in [-0.05, 0) is 38.8 Å². The normalized spacial score (nSPS) is 35.9. The Kier molecular flexibility index (Phi) is 4.35. The Morgan fingerprint density at radius 1 is 1.32 bits per heavy atom. The maximum absolute atomic E-state index is 11.9. The summed E-state index contributed by atoms with van der Waals surface area (Å²) >= 11 is 0. The molecule has 5 heteroatoms. The van der Waals surface area contributed by atoms with Crippen LogP contribution in [0.1, 0.15) is 32.1 Å². The summed E-state index contributed by atoms with van der Waals surface area (Å²) in [5, 5.41) is 6.26. The topological polar surface area (TPSA) is 53.6 Å². The van der Waals surface area contributed by atoms with Gasteiger partial charge in [0.2, 0.25) is 5.91 Å². The van der Waals surface area contributed by atoms with Gasteiger partial charge in [0.1, 0.15) is 0 Å². The summed E-state index contributed by atoms with van der Waals surface area (Å²) in [4.78, 5) is 14.5. The van der Waals surface area contributed by atoms with Gasteiger partial charge in [0, 0.05) is 19.1 Å². The molecule has 0 aromatic heterocycles. The third-order valence-corrected chi connectivity index (χ3v) is 4.59. The van der Waals surface area contributed by atoms with Gasteiger partial charge in [-0.25, -0.2) is 0 Å². The summed E-state index contributed by atoms with van der Waals surface area (Å²) in [6.07, 6.45) is 6.14. The van der Waals surface area contributed by atoms with Crippen molar-refractivity contribution in [2.45, 2.75) is 50.3 Å². The molecule has 0 unspecified atom stereocenters. The van der Waals surface area contributed by atoms with Crippen LogP contribution in [0.2, 0.25) is 0 Å². The fraction of sp³-hybridized carbons (Fsp3) is 0.929. The Hall–Kier alpha value is -0.650. The van der Waals surface area contributed by atoms with Gasteiger partial charge >= 0.3 is 0 Å². The number of piperidine rings is 1. The maximum atomic E-state index is 11.9. The van der Waals surface area contributed by atoms with E-state index in [1.807, 2.05) is 0 Å². The summed E-state index contributed by atoms with van der Waals surface area (Å²) < 4.78 is 5.88. The van der Waals surface area contributed by atoms with E-state index >= 15 is 0 Å². The van der Waals surface area contributed by atoms with Gasteiger partial charge in [0.05, 0.1) is 18.8 Å². The van der Waals surface area contributed by atoms with Crippen molar-refractivity contribution in [2.24, 2.45) is 0 Å². The number of rotatable bonds is 3. The summed E-state index contributed by atoms with van der Waals surface area (Å²) in [5.74, 6) is 0.141. The first-order chi connectivity index (χ1) is 9.33. The van der Waals surface area contributed by atoms with Crippen LogP contribution in [0.5, 0.6) is 0 Å². The average molecular weight is 267 g/mol. The Morgan fingerprint density at radius 3 is 3.11 bits per heavy atom. The van der Waals surface area contributed by atoms with Crippen molar-refractivity contribution in [3.8, 4) is 0 Å². The number of hydrogen-bond donors (Lipinski definition) is 2. The number of amides is 1. The van der Waals surface area contributed by atoms with Crippen LogP contribution in [-0.2, 0) is 9.53 Å². The van der Waals surface area contributed by atoms with Crippen LogP contribution >= 0.6 is 0 Å². The molecule has 5 nitrogen and oxygen atoms in total. The van der Waals surface area contributed by atoms with Crippen molar-refractivity contribution in [3.63, 3.8) is 0 Å². The van der Waals surface area contributed by atoms with Crippen molar-refractivity contribution in [1.29, 1.82) is 0 Å². The van der Waals surface area contributed by atoms with Gasteiger partial charge in [-0.3, -0.25) is 9.69 Å². The third kappa shape index (κ3) is 3.27. The molecule has 3 atom stereocenters. The summed E-state index contributed by atoms with van der Waals surface area (Å²) in [5.41, 5.74) is 0. The Labute approximate surface area is 115 Å². The molecule has 0 aromatic carbocycles. The number of ether oxygens (including phenoxy) is 1. The second-order valence-electron chi connectivity index (χ2n) is 5.99. The molecule has 3 rings (SSSR count). The lowest BCUT2D eigenvalue weighted by atomic mass is 10.0. The second-order valence-corrected chi connectivity index (χ2v) is 5.99. The van der Waals surface area contributed by atoms with Gasteiger partial charge in [-0.2, -0.15) is 0 Å². The largest absolute Gasteiger partial charge is 0.373 e. The minimum absolute atomic E-state index is 0.0197. The van der Waals surface area contributed by atoms with E-state index in [2.05, 4.69) is 15.5 Å². The highest BCUT2D eigenvalue weighted by atomic mass is 16.5. The lowest BCUT2D eigenvalue weighted by Crippen LogP contribution is -2.55. The first kappa shape index (κ1) is 13.3. The molecule has 0 aromatic rings. The molecule has 1 amide bonds. The lowest BCUT2D eigenvalue weighted by molar-refractivity contribution is -0.124. The molecule has 0 bridgehead atoms. The standard InChI is InChI=1S/C14H25N3O2/c18-14(13-5-3-6-15-13)16-8-12-9-17-7-2-1-4-11(17)10-19-12/h11-13,15H,1-10H2,(H,16,18)/t11-,12+,13+/m0/s1. The zero-order valence-electron chi connectivity index (χ0n) is 11.6. The molecule has 19 heavy (non-hydrogen) atoms. The average Bonchev–Trinajstić information content (AvgIpc) is 2.99. The smallest absolute Gasteiger partial charge is 0.237 e. The van der Waals surface area contributed by atoms with Gasteiger partial charge < -0.3 is 15.4 Å². The quantitative estimate of drug-likeness (QED) is 0.762.